The number of amides is 1. The molecule has 1 aliphatic heterocycles. The van der Waals surface area contributed by atoms with Crippen molar-refractivity contribution in [3.63, 3.8) is 0 Å². The predicted molar refractivity (Wildman–Crippen MR) is 89.2 cm³/mol. The zero-order valence-electron chi connectivity index (χ0n) is 13.5. The molecule has 0 aromatic carbocycles. The Bertz CT molecular complexity index is 510. The lowest BCUT2D eigenvalue weighted by molar-refractivity contribution is -0.127. The molecule has 124 valence electrons. The maximum absolute atomic E-state index is 12.7. The summed E-state index contributed by atoms with van der Waals surface area (Å²) in [6.07, 6.45) is 9.89. The van der Waals surface area contributed by atoms with Crippen molar-refractivity contribution in [1.82, 2.24) is 20.4 Å². The molecule has 6 heteroatoms. The summed E-state index contributed by atoms with van der Waals surface area (Å²) in [5, 5.41) is 10.9. The van der Waals surface area contributed by atoms with Gasteiger partial charge in [-0.1, -0.05) is 19.3 Å². The zero-order valence-corrected chi connectivity index (χ0v) is 14.3. The van der Waals surface area contributed by atoms with Crippen LogP contribution in [0.25, 0.3) is 0 Å². The summed E-state index contributed by atoms with van der Waals surface area (Å²) in [6.45, 7) is 3.83. The summed E-state index contributed by atoms with van der Waals surface area (Å²) in [7, 11) is 1.92. The molecule has 2 atom stereocenters. The largest absolute Gasteiger partial charge is 0.351 e. The summed E-state index contributed by atoms with van der Waals surface area (Å²) in [5.41, 5.74) is 1.16. The van der Waals surface area contributed by atoms with Gasteiger partial charge < -0.3 is 10.6 Å². The van der Waals surface area contributed by atoms with Crippen LogP contribution < -0.4 is 10.6 Å². The number of aromatic nitrogens is 2. The molecular weight excluding hydrogens is 300 g/mol. The number of carbonyl (C=O) groups is 1. The van der Waals surface area contributed by atoms with Gasteiger partial charge in [-0.2, -0.15) is 5.10 Å². The maximum atomic E-state index is 12.7. The lowest BCUT2D eigenvalue weighted by Crippen LogP contribution is -2.50. The van der Waals surface area contributed by atoms with Crippen molar-refractivity contribution in [3.8, 4) is 0 Å². The predicted octanol–water partition coefficient (Wildman–Crippen LogP) is 1.98. The van der Waals surface area contributed by atoms with Crippen LogP contribution in [-0.2, 0) is 11.8 Å². The van der Waals surface area contributed by atoms with E-state index in [1.54, 1.807) is 0 Å². The summed E-state index contributed by atoms with van der Waals surface area (Å²) in [4.78, 5) is 12.7. The van der Waals surface area contributed by atoms with Crippen molar-refractivity contribution in [2.75, 3.05) is 13.1 Å². The van der Waals surface area contributed by atoms with Crippen LogP contribution in [0.4, 0.5) is 0 Å². The van der Waals surface area contributed by atoms with E-state index < -0.39 is 0 Å². The molecule has 1 amide bonds. The Labute approximate surface area is 138 Å². The van der Waals surface area contributed by atoms with Gasteiger partial charge in [0.1, 0.15) is 0 Å². The standard InChI is InChI=1S/C16H26N4O.ClH/c1-16(6-4-3-5-7-16)19-15(21)14-10-17-9-13(14)12-8-18-20(2)11-12;/h8,11,13-14,17H,3-7,9-10H2,1-2H3,(H,19,21);1H/t13-,14+;/m1./s1. The van der Waals surface area contributed by atoms with Crippen LogP contribution >= 0.6 is 12.4 Å². The van der Waals surface area contributed by atoms with Crippen LogP contribution in [0.2, 0.25) is 0 Å². The van der Waals surface area contributed by atoms with E-state index in [-0.39, 0.29) is 35.7 Å². The van der Waals surface area contributed by atoms with Crippen LogP contribution in [0, 0.1) is 5.92 Å². The van der Waals surface area contributed by atoms with Gasteiger partial charge >= 0.3 is 0 Å². The van der Waals surface area contributed by atoms with Gasteiger partial charge in [0.15, 0.2) is 0 Å². The van der Waals surface area contributed by atoms with E-state index in [4.69, 9.17) is 0 Å². The number of halogens is 1. The number of carbonyl (C=O) groups excluding carboxylic acids is 1. The minimum Gasteiger partial charge on any atom is -0.351 e. The first kappa shape index (κ1) is 17.3. The second kappa shape index (κ2) is 7.01. The topological polar surface area (TPSA) is 59.0 Å². The Morgan fingerprint density at radius 1 is 1.36 bits per heavy atom. The van der Waals surface area contributed by atoms with E-state index in [1.807, 2.05) is 24.1 Å². The first-order valence-corrected chi connectivity index (χ1v) is 8.09. The molecule has 1 saturated carbocycles. The Kier molecular flexibility index (Phi) is 5.50. The van der Waals surface area contributed by atoms with Gasteiger partial charge in [0.2, 0.25) is 5.91 Å². The molecule has 2 N–H and O–H groups in total. The van der Waals surface area contributed by atoms with E-state index in [9.17, 15) is 4.79 Å². The highest BCUT2D eigenvalue weighted by molar-refractivity contribution is 5.85. The van der Waals surface area contributed by atoms with Crippen LogP contribution in [0.5, 0.6) is 0 Å². The molecule has 1 aromatic rings. The maximum Gasteiger partial charge on any atom is 0.225 e. The average Bonchev–Trinajstić information content (AvgIpc) is 3.07. The van der Waals surface area contributed by atoms with Gasteiger partial charge in [0.05, 0.1) is 12.1 Å². The van der Waals surface area contributed by atoms with E-state index >= 15 is 0 Å². The Balaban J connectivity index is 0.00000176. The number of rotatable bonds is 3. The third kappa shape index (κ3) is 3.63. The minimum atomic E-state index is -0.00257. The Morgan fingerprint density at radius 2 is 2.09 bits per heavy atom. The van der Waals surface area contributed by atoms with Crippen LogP contribution in [-0.4, -0.2) is 34.3 Å². The molecule has 0 radical (unpaired) electrons. The molecule has 2 aliphatic rings. The molecule has 5 nitrogen and oxygen atoms in total. The number of nitrogens with zero attached hydrogens (tertiary/aromatic N) is 2. The lowest BCUT2D eigenvalue weighted by atomic mass is 9.82. The van der Waals surface area contributed by atoms with Gasteiger partial charge in [0, 0.05) is 37.8 Å². The van der Waals surface area contributed by atoms with Crippen molar-refractivity contribution in [2.45, 2.75) is 50.5 Å². The SMILES string of the molecule is Cl.Cn1cc([C@H]2CNC[C@@H]2C(=O)NC2(C)CCCCC2)cn1. The highest BCUT2D eigenvalue weighted by Gasteiger charge is 2.38. The molecule has 1 aromatic heterocycles. The molecule has 0 spiro atoms. The first-order valence-electron chi connectivity index (χ1n) is 8.09. The molecule has 2 heterocycles. The molecule has 22 heavy (non-hydrogen) atoms. The number of aryl methyl sites for hydroxylation is 1. The third-order valence-corrected chi connectivity index (χ3v) is 5.09. The first-order chi connectivity index (χ1) is 10.1. The molecular formula is C16H27ClN4O. The smallest absolute Gasteiger partial charge is 0.225 e. The van der Waals surface area contributed by atoms with Crippen molar-refractivity contribution in [3.05, 3.63) is 18.0 Å². The van der Waals surface area contributed by atoms with Crippen LogP contribution in [0.15, 0.2) is 12.4 Å². The van der Waals surface area contributed by atoms with Gasteiger partial charge in [-0.25, -0.2) is 0 Å². The quantitative estimate of drug-likeness (QED) is 0.893. The second-order valence-corrected chi connectivity index (χ2v) is 6.93. The molecule has 2 fully saturated rings. The highest BCUT2D eigenvalue weighted by Crippen LogP contribution is 2.31. The van der Waals surface area contributed by atoms with E-state index in [0.717, 1.165) is 31.5 Å². The van der Waals surface area contributed by atoms with E-state index in [2.05, 4.69) is 22.7 Å². The fourth-order valence-electron chi connectivity index (χ4n) is 3.78. The molecule has 0 bridgehead atoms. The number of nitrogens with one attached hydrogen (secondary N) is 2. The van der Waals surface area contributed by atoms with Gasteiger partial charge in [-0.05, 0) is 25.3 Å². The second-order valence-electron chi connectivity index (χ2n) is 6.93. The van der Waals surface area contributed by atoms with Crippen molar-refractivity contribution in [1.29, 1.82) is 0 Å². The molecule has 1 saturated heterocycles. The lowest BCUT2D eigenvalue weighted by Gasteiger charge is -2.36. The molecule has 1 aliphatic carbocycles. The number of hydrogen-bond donors (Lipinski definition) is 2. The fourth-order valence-corrected chi connectivity index (χ4v) is 3.78. The fraction of sp³-hybridized carbons (Fsp3) is 0.750. The monoisotopic (exact) mass is 326 g/mol. The van der Waals surface area contributed by atoms with Crippen molar-refractivity contribution < 1.29 is 4.79 Å². The van der Waals surface area contributed by atoms with Crippen LogP contribution in [0.3, 0.4) is 0 Å². The van der Waals surface area contributed by atoms with E-state index in [0.29, 0.717) is 0 Å². The van der Waals surface area contributed by atoms with Gasteiger partial charge in [-0.15, -0.1) is 12.4 Å². The Hall–Kier alpha value is -1.07. The van der Waals surface area contributed by atoms with Crippen molar-refractivity contribution >= 4 is 18.3 Å². The van der Waals surface area contributed by atoms with Gasteiger partial charge in [-0.3, -0.25) is 9.48 Å². The van der Waals surface area contributed by atoms with Crippen molar-refractivity contribution in [2.24, 2.45) is 13.0 Å². The minimum absolute atomic E-state index is 0. The summed E-state index contributed by atoms with van der Waals surface area (Å²) in [6, 6.07) is 0. The summed E-state index contributed by atoms with van der Waals surface area (Å²) < 4.78 is 1.81. The van der Waals surface area contributed by atoms with E-state index in [1.165, 1.54) is 19.3 Å². The van der Waals surface area contributed by atoms with Crippen LogP contribution in [0.1, 0.15) is 50.5 Å². The number of hydrogen-bond acceptors (Lipinski definition) is 3. The normalized spacial score (nSPS) is 27.2. The summed E-state index contributed by atoms with van der Waals surface area (Å²) in [5.74, 6) is 0.470. The van der Waals surface area contributed by atoms with Gasteiger partial charge in [0.25, 0.3) is 0 Å². The highest BCUT2D eigenvalue weighted by atomic mass is 35.5. The Morgan fingerprint density at radius 3 is 2.73 bits per heavy atom. The third-order valence-electron chi connectivity index (χ3n) is 5.09. The molecule has 3 rings (SSSR count). The molecule has 0 unspecified atom stereocenters. The zero-order chi connectivity index (χ0) is 14.9. The average molecular weight is 327 g/mol. The summed E-state index contributed by atoms with van der Waals surface area (Å²) >= 11 is 0.